The third-order valence-corrected chi connectivity index (χ3v) is 2.03. The zero-order valence-corrected chi connectivity index (χ0v) is 9.97. The van der Waals surface area contributed by atoms with E-state index >= 15 is 0 Å². The van der Waals surface area contributed by atoms with Gasteiger partial charge in [0, 0.05) is 12.4 Å². The number of carbonyl (C=O) groups excluding carboxylic acids is 1. The van der Waals surface area contributed by atoms with E-state index in [1.54, 1.807) is 39.2 Å². The Hall–Kier alpha value is -2.11. The SMILES string of the molecule is CC(C)(C)OC(=O)c1c(N)nn2cccnc12. The first kappa shape index (κ1) is 11.4. The number of rotatable bonds is 1. The summed E-state index contributed by atoms with van der Waals surface area (Å²) >= 11 is 0. The van der Waals surface area contributed by atoms with Crippen LogP contribution in [-0.2, 0) is 4.74 Å². The molecule has 0 aliphatic heterocycles. The first-order valence-corrected chi connectivity index (χ1v) is 5.20. The van der Waals surface area contributed by atoms with Gasteiger partial charge in [0.25, 0.3) is 0 Å². The molecule has 2 rings (SSSR count). The lowest BCUT2D eigenvalue weighted by Gasteiger charge is -2.18. The van der Waals surface area contributed by atoms with E-state index in [4.69, 9.17) is 10.5 Å². The van der Waals surface area contributed by atoms with Gasteiger partial charge in [-0.1, -0.05) is 0 Å². The minimum absolute atomic E-state index is 0.123. The van der Waals surface area contributed by atoms with E-state index in [0.29, 0.717) is 5.65 Å². The van der Waals surface area contributed by atoms with E-state index < -0.39 is 11.6 Å². The molecule has 0 bridgehead atoms. The third-order valence-electron chi connectivity index (χ3n) is 2.03. The maximum absolute atomic E-state index is 12.0. The average molecular weight is 234 g/mol. The van der Waals surface area contributed by atoms with Crippen molar-refractivity contribution in [2.24, 2.45) is 0 Å². The van der Waals surface area contributed by atoms with Crippen molar-refractivity contribution in [3.8, 4) is 0 Å². The number of fused-ring (bicyclic) bond motifs is 1. The molecule has 0 aliphatic rings. The number of nitrogens with zero attached hydrogens (tertiary/aromatic N) is 3. The minimum Gasteiger partial charge on any atom is -0.456 e. The van der Waals surface area contributed by atoms with Crippen LogP contribution in [0.1, 0.15) is 31.1 Å². The van der Waals surface area contributed by atoms with Crippen molar-refractivity contribution in [1.82, 2.24) is 14.6 Å². The fraction of sp³-hybridized carbons (Fsp3) is 0.364. The van der Waals surface area contributed by atoms with E-state index in [1.807, 2.05) is 0 Å². The van der Waals surface area contributed by atoms with Crippen LogP contribution in [0.15, 0.2) is 18.5 Å². The second kappa shape index (κ2) is 3.73. The summed E-state index contributed by atoms with van der Waals surface area (Å²) in [5.74, 6) is -0.387. The van der Waals surface area contributed by atoms with Gasteiger partial charge in [0.05, 0.1) is 0 Å². The van der Waals surface area contributed by atoms with Gasteiger partial charge in [-0.25, -0.2) is 14.3 Å². The number of hydrogen-bond donors (Lipinski definition) is 1. The topological polar surface area (TPSA) is 82.5 Å². The van der Waals surface area contributed by atoms with Crippen molar-refractivity contribution >= 4 is 17.4 Å². The highest BCUT2D eigenvalue weighted by Crippen LogP contribution is 2.19. The molecule has 2 aromatic rings. The molecule has 2 aromatic heterocycles. The number of nitrogens with two attached hydrogens (primary N) is 1. The van der Waals surface area contributed by atoms with Crippen molar-refractivity contribution in [1.29, 1.82) is 0 Å². The number of anilines is 1. The summed E-state index contributed by atoms with van der Waals surface area (Å²) in [6.07, 6.45) is 3.25. The van der Waals surface area contributed by atoms with Crippen LogP contribution < -0.4 is 5.73 Å². The van der Waals surface area contributed by atoms with Crippen LogP contribution in [0.3, 0.4) is 0 Å². The van der Waals surface area contributed by atoms with E-state index in [2.05, 4.69) is 10.1 Å². The summed E-state index contributed by atoms with van der Waals surface area (Å²) in [7, 11) is 0. The Morgan fingerprint density at radius 2 is 2.18 bits per heavy atom. The van der Waals surface area contributed by atoms with Gasteiger partial charge < -0.3 is 10.5 Å². The Labute approximate surface area is 98.4 Å². The molecule has 0 saturated heterocycles. The van der Waals surface area contributed by atoms with Crippen LogP contribution >= 0.6 is 0 Å². The number of nitrogen functional groups attached to an aromatic ring is 1. The first-order chi connectivity index (χ1) is 7.88. The molecule has 0 fully saturated rings. The summed E-state index contributed by atoms with van der Waals surface area (Å²) in [5.41, 5.74) is 5.73. The molecule has 6 nitrogen and oxygen atoms in total. The summed E-state index contributed by atoms with van der Waals surface area (Å²) in [5, 5.41) is 4.00. The van der Waals surface area contributed by atoms with Gasteiger partial charge in [-0.3, -0.25) is 0 Å². The van der Waals surface area contributed by atoms with Crippen molar-refractivity contribution in [2.45, 2.75) is 26.4 Å². The van der Waals surface area contributed by atoms with Gasteiger partial charge in [0.2, 0.25) is 0 Å². The van der Waals surface area contributed by atoms with E-state index in [9.17, 15) is 4.79 Å². The highest BCUT2D eigenvalue weighted by atomic mass is 16.6. The lowest BCUT2D eigenvalue weighted by atomic mass is 10.2. The van der Waals surface area contributed by atoms with Crippen molar-refractivity contribution < 1.29 is 9.53 Å². The van der Waals surface area contributed by atoms with Crippen molar-refractivity contribution in [2.75, 3.05) is 5.73 Å². The number of ether oxygens (including phenoxy) is 1. The predicted molar refractivity (Wildman–Crippen MR) is 62.6 cm³/mol. The molecule has 0 amide bonds. The van der Waals surface area contributed by atoms with Crippen LogP contribution in [0.25, 0.3) is 5.65 Å². The number of carbonyl (C=O) groups is 1. The molecule has 90 valence electrons. The fourth-order valence-corrected chi connectivity index (χ4v) is 1.43. The van der Waals surface area contributed by atoms with E-state index in [0.717, 1.165) is 0 Å². The van der Waals surface area contributed by atoms with Gasteiger partial charge in [-0.05, 0) is 26.8 Å². The molecule has 0 saturated carbocycles. The van der Waals surface area contributed by atoms with Gasteiger partial charge in [-0.15, -0.1) is 5.10 Å². The first-order valence-electron chi connectivity index (χ1n) is 5.20. The number of hydrogen-bond acceptors (Lipinski definition) is 5. The molecule has 2 N–H and O–H groups in total. The molecule has 0 spiro atoms. The minimum atomic E-state index is -0.577. The van der Waals surface area contributed by atoms with Gasteiger partial charge in [-0.2, -0.15) is 0 Å². The maximum Gasteiger partial charge on any atom is 0.346 e. The van der Waals surface area contributed by atoms with E-state index in [1.165, 1.54) is 4.52 Å². The standard InChI is InChI=1S/C11H14N4O2/c1-11(2,3)17-10(16)7-8(12)14-15-6-4-5-13-9(7)15/h4-6H,1-3H3,(H2,12,14). The summed E-state index contributed by atoms with van der Waals surface area (Å²) in [4.78, 5) is 16.0. The largest absolute Gasteiger partial charge is 0.456 e. The Bertz CT molecular complexity index is 568. The third kappa shape index (κ3) is 2.20. The fourth-order valence-electron chi connectivity index (χ4n) is 1.43. The summed E-state index contributed by atoms with van der Waals surface area (Å²) in [6, 6.07) is 1.71. The average Bonchev–Trinajstić information content (AvgIpc) is 2.50. The van der Waals surface area contributed by atoms with Gasteiger partial charge in [0.1, 0.15) is 11.2 Å². The summed E-state index contributed by atoms with van der Waals surface area (Å²) in [6.45, 7) is 5.38. The zero-order valence-electron chi connectivity index (χ0n) is 9.97. The smallest absolute Gasteiger partial charge is 0.346 e. The Kier molecular flexibility index (Phi) is 2.49. The molecule has 17 heavy (non-hydrogen) atoms. The molecule has 2 heterocycles. The molecule has 0 radical (unpaired) electrons. The van der Waals surface area contributed by atoms with Crippen LogP contribution in [0, 0.1) is 0 Å². The maximum atomic E-state index is 12.0. The van der Waals surface area contributed by atoms with Crippen LogP contribution in [0.2, 0.25) is 0 Å². The molecular formula is C11H14N4O2. The lowest BCUT2D eigenvalue weighted by molar-refractivity contribution is 0.00728. The van der Waals surface area contributed by atoms with Gasteiger partial charge in [0.15, 0.2) is 11.5 Å². The molecule has 0 atom stereocenters. The van der Waals surface area contributed by atoms with Gasteiger partial charge >= 0.3 is 5.97 Å². The molecule has 0 aromatic carbocycles. The molecule has 0 aliphatic carbocycles. The monoisotopic (exact) mass is 234 g/mol. The van der Waals surface area contributed by atoms with Crippen molar-refractivity contribution in [3.63, 3.8) is 0 Å². The number of aromatic nitrogens is 3. The predicted octanol–water partition coefficient (Wildman–Crippen LogP) is 1.27. The highest BCUT2D eigenvalue weighted by molar-refractivity contribution is 6.00. The normalized spacial score (nSPS) is 11.7. The number of esters is 1. The van der Waals surface area contributed by atoms with Crippen LogP contribution in [-0.4, -0.2) is 26.2 Å². The van der Waals surface area contributed by atoms with Crippen LogP contribution in [0.4, 0.5) is 5.82 Å². The zero-order chi connectivity index (χ0) is 12.6. The molecular weight excluding hydrogens is 220 g/mol. The molecule has 6 heteroatoms. The van der Waals surface area contributed by atoms with Crippen molar-refractivity contribution in [3.05, 3.63) is 24.0 Å². The van der Waals surface area contributed by atoms with Crippen LogP contribution in [0.5, 0.6) is 0 Å². The summed E-state index contributed by atoms with van der Waals surface area (Å²) < 4.78 is 6.71. The molecule has 0 unspecified atom stereocenters. The Morgan fingerprint density at radius 1 is 1.47 bits per heavy atom. The lowest BCUT2D eigenvalue weighted by Crippen LogP contribution is -2.24. The quantitative estimate of drug-likeness (QED) is 0.751. The second-order valence-electron chi connectivity index (χ2n) is 4.65. The van der Waals surface area contributed by atoms with E-state index in [-0.39, 0.29) is 11.4 Å². The Balaban J connectivity index is 2.48. The Morgan fingerprint density at radius 3 is 2.82 bits per heavy atom. The second-order valence-corrected chi connectivity index (χ2v) is 4.65. The highest BCUT2D eigenvalue weighted by Gasteiger charge is 2.24.